The minimum Gasteiger partial charge on any atom is -0.508 e. The van der Waals surface area contributed by atoms with Gasteiger partial charge in [-0.05, 0) is 18.2 Å². The van der Waals surface area contributed by atoms with Crippen LogP contribution < -0.4 is 0 Å². The molecule has 0 fully saturated rings. The summed E-state index contributed by atoms with van der Waals surface area (Å²) in [7, 11) is 1.94. The zero-order valence-electron chi connectivity index (χ0n) is 9.33. The molecule has 0 spiro atoms. The summed E-state index contributed by atoms with van der Waals surface area (Å²) in [4.78, 5) is 8.74. The van der Waals surface area contributed by atoms with Gasteiger partial charge in [-0.25, -0.2) is 4.98 Å². The van der Waals surface area contributed by atoms with Crippen molar-refractivity contribution >= 4 is 11.0 Å². The second-order valence-electron chi connectivity index (χ2n) is 3.88. The molecule has 0 unspecified atom stereocenters. The van der Waals surface area contributed by atoms with Gasteiger partial charge in [0.1, 0.15) is 11.4 Å². The standard InChI is InChI=1S/C13H11N3O/c1-16-12-5-3-2-4-10(12)15-13(16)11-8-9(17)6-7-14-11/h2-8H,1H3,(H,14,17). The average Bonchev–Trinajstić information content (AvgIpc) is 2.68. The second kappa shape index (κ2) is 3.59. The summed E-state index contributed by atoms with van der Waals surface area (Å²) in [6, 6.07) is 11.1. The SMILES string of the molecule is Cn1c(-c2cc(O)ccn2)nc2ccccc21. The molecule has 0 aliphatic carbocycles. The number of rotatable bonds is 1. The molecule has 3 aromatic rings. The predicted molar refractivity (Wildman–Crippen MR) is 65.6 cm³/mol. The van der Waals surface area contributed by atoms with Crippen molar-refractivity contribution in [1.29, 1.82) is 0 Å². The Balaban J connectivity index is 2.27. The number of aromatic nitrogens is 3. The number of aromatic hydroxyl groups is 1. The summed E-state index contributed by atoms with van der Waals surface area (Å²) >= 11 is 0. The Morgan fingerprint density at radius 2 is 2.00 bits per heavy atom. The maximum atomic E-state index is 9.46. The summed E-state index contributed by atoms with van der Waals surface area (Å²) in [5, 5.41) is 9.46. The van der Waals surface area contributed by atoms with E-state index in [1.165, 1.54) is 0 Å². The van der Waals surface area contributed by atoms with Crippen LogP contribution in [0.25, 0.3) is 22.6 Å². The van der Waals surface area contributed by atoms with Crippen LogP contribution in [-0.4, -0.2) is 19.6 Å². The largest absolute Gasteiger partial charge is 0.508 e. The van der Waals surface area contributed by atoms with E-state index in [9.17, 15) is 5.11 Å². The topological polar surface area (TPSA) is 50.9 Å². The van der Waals surface area contributed by atoms with Gasteiger partial charge >= 0.3 is 0 Å². The van der Waals surface area contributed by atoms with Gasteiger partial charge in [-0.2, -0.15) is 0 Å². The molecule has 0 atom stereocenters. The van der Waals surface area contributed by atoms with Crippen molar-refractivity contribution in [2.75, 3.05) is 0 Å². The monoisotopic (exact) mass is 225 g/mol. The minimum absolute atomic E-state index is 0.196. The predicted octanol–water partition coefficient (Wildman–Crippen LogP) is 2.34. The highest BCUT2D eigenvalue weighted by molar-refractivity contribution is 5.79. The molecule has 0 saturated carbocycles. The minimum atomic E-state index is 0.196. The van der Waals surface area contributed by atoms with Gasteiger partial charge in [0.15, 0.2) is 5.82 Å². The lowest BCUT2D eigenvalue weighted by molar-refractivity contribution is 0.474. The van der Waals surface area contributed by atoms with E-state index in [1.807, 2.05) is 35.9 Å². The smallest absolute Gasteiger partial charge is 0.159 e. The molecule has 4 heteroatoms. The van der Waals surface area contributed by atoms with Gasteiger partial charge in [0.05, 0.1) is 11.0 Å². The third-order valence-corrected chi connectivity index (χ3v) is 2.76. The molecule has 0 bridgehead atoms. The second-order valence-corrected chi connectivity index (χ2v) is 3.88. The first-order valence-electron chi connectivity index (χ1n) is 5.32. The number of fused-ring (bicyclic) bond motifs is 1. The molecule has 3 rings (SSSR count). The normalized spacial score (nSPS) is 10.9. The molecular weight excluding hydrogens is 214 g/mol. The Hall–Kier alpha value is -2.36. The zero-order valence-corrected chi connectivity index (χ0v) is 9.33. The van der Waals surface area contributed by atoms with E-state index in [-0.39, 0.29) is 5.75 Å². The lowest BCUT2D eigenvalue weighted by Gasteiger charge is -2.01. The molecule has 0 aliphatic heterocycles. The number of aryl methyl sites for hydroxylation is 1. The van der Waals surface area contributed by atoms with E-state index >= 15 is 0 Å². The number of hydrogen-bond donors (Lipinski definition) is 1. The van der Waals surface area contributed by atoms with E-state index in [0.717, 1.165) is 16.9 Å². The molecule has 2 heterocycles. The summed E-state index contributed by atoms with van der Waals surface area (Å²) in [6.45, 7) is 0. The van der Waals surface area contributed by atoms with Crippen LogP contribution in [0, 0.1) is 0 Å². The summed E-state index contributed by atoms with van der Waals surface area (Å²) in [5.41, 5.74) is 2.64. The van der Waals surface area contributed by atoms with E-state index in [0.29, 0.717) is 5.69 Å². The molecule has 1 aromatic carbocycles. The highest BCUT2D eigenvalue weighted by Crippen LogP contribution is 2.23. The van der Waals surface area contributed by atoms with Crippen LogP contribution in [0.3, 0.4) is 0 Å². The molecule has 4 nitrogen and oxygen atoms in total. The Bertz CT molecular complexity index is 688. The van der Waals surface area contributed by atoms with Gasteiger partial charge < -0.3 is 9.67 Å². The van der Waals surface area contributed by atoms with Crippen LogP contribution in [0.5, 0.6) is 5.75 Å². The number of benzene rings is 1. The Morgan fingerprint density at radius 3 is 2.76 bits per heavy atom. The van der Waals surface area contributed by atoms with E-state index in [2.05, 4.69) is 9.97 Å². The average molecular weight is 225 g/mol. The van der Waals surface area contributed by atoms with Crippen LogP contribution in [0.15, 0.2) is 42.6 Å². The van der Waals surface area contributed by atoms with Crippen LogP contribution >= 0.6 is 0 Å². The molecule has 0 saturated heterocycles. The Morgan fingerprint density at radius 1 is 1.18 bits per heavy atom. The molecule has 0 radical (unpaired) electrons. The molecule has 1 N–H and O–H groups in total. The van der Waals surface area contributed by atoms with Gasteiger partial charge in [0.2, 0.25) is 0 Å². The molecule has 84 valence electrons. The summed E-state index contributed by atoms with van der Waals surface area (Å²) in [5.74, 6) is 0.948. The zero-order chi connectivity index (χ0) is 11.8. The van der Waals surface area contributed by atoms with E-state index in [4.69, 9.17) is 0 Å². The number of imidazole rings is 1. The lowest BCUT2D eigenvalue weighted by atomic mass is 10.3. The maximum Gasteiger partial charge on any atom is 0.159 e. The van der Waals surface area contributed by atoms with Crippen LogP contribution in [0.2, 0.25) is 0 Å². The van der Waals surface area contributed by atoms with Crippen molar-refractivity contribution in [2.45, 2.75) is 0 Å². The van der Waals surface area contributed by atoms with Crippen LogP contribution in [0.4, 0.5) is 0 Å². The van der Waals surface area contributed by atoms with Crippen molar-refractivity contribution in [3.8, 4) is 17.3 Å². The fourth-order valence-electron chi connectivity index (χ4n) is 1.92. The Labute approximate surface area is 98.2 Å². The highest BCUT2D eigenvalue weighted by Gasteiger charge is 2.10. The first-order chi connectivity index (χ1) is 8.25. The highest BCUT2D eigenvalue weighted by atomic mass is 16.3. The number of pyridine rings is 1. The summed E-state index contributed by atoms with van der Waals surface area (Å²) < 4.78 is 1.97. The van der Waals surface area contributed by atoms with Gasteiger partial charge in [0.25, 0.3) is 0 Å². The van der Waals surface area contributed by atoms with Crippen LogP contribution in [0.1, 0.15) is 0 Å². The van der Waals surface area contributed by atoms with Gasteiger partial charge in [-0.15, -0.1) is 0 Å². The Kier molecular flexibility index (Phi) is 2.08. The summed E-state index contributed by atoms with van der Waals surface area (Å²) in [6.07, 6.45) is 1.57. The van der Waals surface area contributed by atoms with Crippen molar-refractivity contribution in [2.24, 2.45) is 7.05 Å². The fourth-order valence-corrected chi connectivity index (χ4v) is 1.92. The van der Waals surface area contributed by atoms with Gasteiger partial charge in [-0.3, -0.25) is 4.98 Å². The van der Waals surface area contributed by atoms with E-state index < -0.39 is 0 Å². The molecule has 0 aliphatic rings. The third-order valence-electron chi connectivity index (χ3n) is 2.76. The van der Waals surface area contributed by atoms with Gasteiger partial charge in [0, 0.05) is 19.3 Å². The maximum absolute atomic E-state index is 9.46. The van der Waals surface area contributed by atoms with Crippen molar-refractivity contribution in [1.82, 2.24) is 14.5 Å². The van der Waals surface area contributed by atoms with Crippen molar-refractivity contribution < 1.29 is 5.11 Å². The third kappa shape index (κ3) is 1.54. The fraction of sp³-hybridized carbons (Fsp3) is 0.0769. The molecule has 0 amide bonds. The quantitative estimate of drug-likeness (QED) is 0.691. The lowest BCUT2D eigenvalue weighted by Crippen LogP contribution is -1.94. The van der Waals surface area contributed by atoms with E-state index in [1.54, 1.807) is 18.3 Å². The van der Waals surface area contributed by atoms with Crippen LogP contribution in [-0.2, 0) is 7.05 Å². The molecule has 17 heavy (non-hydrogen) atoms. The molecule has 2 aromatic heterocycles. The van der Waals surface area contributed by atoms with Gasteiger partial charge in [-0.1, -0.05) is 12.1 Å². The first-order valence-corrected chi connectivity index (χ1v) is 5.32. The number of nitrogens with zero attached hydrogens (tertiary/aromatic N) is 3. The number of para-hydroxylation sites is 2. The van der Waals surface area contributed by atoms with Crippen molar-refractivity contribution in [3.05, 3.63) is 42.6 Å². The number of hydrogen-bond acceptors (Lipinski definition) is 3. The molecular formula is C13H11N3O. The first kappa shape index (κ1) is 9.84. The van der Waals surface area contributed by atoms with Crippen molar-refractivity contribution in [3.63, 3.8) is 0 Å².